The van der Waals surface area contributed by atoms with Crippen molar-refractivity contribution in [2.24, 2.45) is 0 Å². The standard InChI is InChI=1S/C50H83O4P/c1-41(2)21-12-22-42(3)23-13-24-43(4)25-14-26-44(5)27-15-28-45(6)29-16-30-46(7)31-17-32-47(8)33-18-34-48(9)35-19-36-49(10)37-20-38-50(11)39-40-54-55(51,52)53/h21,23,25,27,29,31,33,35,37,39H,12-20,22,24,26,28,30,32,34,36,38,40H2,1-11H3,(H2,51,52,53)/b42-23+,43-25+,44-27+,45-29+,46-31+,47-33+,48-35+,49-37+,50-39+. The minimum absolute atomic E-state index is 0.0544. The highest BCUT2D eigenvalue weighted by Gasteiger charge is 2.11. The van der Waals surface area contributed by atoms with Gasteiger partial charge in [-0.3, -0.25) is 4.52 Å². The van der Waals surface area contributed by atoms with E-state index in [0.29, 0.717) is 0 Å². The number of phosphoric ester groups is 1. The van der Waals surface area contributed by atoms with Gasteiger partial charge in [-0.05, 0) is 192 Å². The fraction of sp³-hybridized carbons (Fsp3) is 0.600. The Bertz CT molecular complexity index is 1440. The summed E-state index contributed by atoms with van der Waals surface area (Å²) in [4.78, 5) is 17.5. The highest BCUT2D eigenvalue weighted by Crippen LogP contribution is 2.35. The van der Waals surface area contributed by atoms with Crippen LogP contribution in [-0.2, 0) is 9.09 Å². The lowest BCUT2D eigenvalue weighted by Gasteiger charge is -2.04. The van der Waals surface area contributed by atoms with Gasteiger partial charge in [-0.2, -0.15) is 0 Å². The Morgan fingerprint density at radius 2 is 0.527 bits per heavy atom. The minimum Gasteiger partial charge on any atom is -0.303 e. The zero-order chi connectivity index (χ0) is 41.5. The summed E-state index contributed by atoms with van der Waals surface area (Å²) in [5.74, 6) is 0. The predicted molar refractivity (Wildman–Crippen MR) is 244 cm³/mol. The van der Waals surface area contributed by atoms with Gasteiger partial charge in [0.25, 0.3) is 0 Å². The van der Waals surface area contributed by atoms with Crippen LogP contribution in [0.1, 0.15) is 192 Å². The molecule has 0 rings (SSSR count). The van der Waals surface area contributed by atoms with Gasteiger partial charge in [-0.25, -0.2) is 4.57 Å². The Kier molecular flexibility index (Phi) is 31.1. The van der Waals surface area contributed by atoms with Crippen molar-refractivity contribution in [3.8, 4) is 0 Å². The Morgan fingerprint density at radius 1 is 0.345 bits per heavy atom. The van der Waals surface area contributed by atoms with Crippen molar-refractivity contribution in [1.29, 1.82) is 0 Å². The summed E-state index contributed by atoms with van der Waals surface area (Å²) >= 11 is 0. The lowest BCUT2D eigenvalue weighted by atomic mass is 10.0. The topological polar surface area (TPSA) is 66.8 Å². The first-order chi connectivity index (χ1) is 26.0. The molecule has 0 aliphatic heterocycles. The van der Waals surface area contributed by atoms with Crippen molar-refractivity contribution >= 4 is 7.82 Å². The summed E-state index contributed by atoms with van der Waals surface area (Å²) in [5.41, 5.74) is 14.4. The highest BCUT2D eigenvalue weighted by atomic mass is 31.2. The molecule has 0 aromatic rings. The molecule has 0 aromatic carbocycles. The van der Waals surface area contributed by atoms with Gasteiger partial charge >= 0.3 is 7.82 Å². The van der Waals surface area contributed by atoms with E-state index in [-0.39, 0.29) is 6.61 Å². The van der Waals surface area contributed by atoms with Crippen molar-refractivity contribution in [2.75, 3.05) is 6.61 Å². The van der Waals surface area contributed by atoms with Crippen LogP contribution in [0.4, 0.5) is 0 Å². The van der Waals surface area contributed by atoms with E-state index in [0.717, 1.165) is 102 Å². The van der Waals surface area contributed by atoms with E-state index in [9.17, 15) is 4.57 Å². The Hall–Kier alpha value is -2.49. The molecule has 312 valence electrons. The van der Waals surface area contributed by atoms with Gasteiger partial charge in [0.2, 0.25) is 0 Å². The monoisotopic (exact) mass is 779 g/mol. The number of allylic oxidation sites excluding steroid dienone is 19. The molecule has 0 aliphatic rings. The maximum absolute atomic E-state index is 10.8. The van der Waals surface area contributed by atoms with Gasteiger partial charge in [-0.1, -0.05) is 116 Å². The van der Waals surface area contributed by atoms with E-state index in [2.05, 4.69) is 128 Å². The normalized spacial score (nSPS) is 15.0. The lowest BCUT2D eigenvalue weighted by Crippen LogP contribution is -1.89. The summed E-state index contributed by atoms with van der Waals surface area (Å²) < 4.78 is 15.2. The van der Waals surface area contributed by atoms with Crippen LogP contribution < -0.4 is 0 Å². The van der Waals surface area contributed by atoms with Crippen molar-refractivity contribution in [3.63, 3.8) is 0 Å². The average molecular weight is 779 g/mol. The van der Waals surface area contributed by atoms with Crippen molar-refractivity contribution in [2.45, 2.75) is 192 Å². The van der Waals surface area contributed by atoms with Crippen molar-refractivity contribution < 1.29 is 18.9 Å². The van der Waals surface area contributed by atoms with Crippen LogP contribution in [0.3, 0.4) is 0 Å². The third-order valence-electron chi connectivity index (χ3n) is 10.0. The molecule has 0 aliphatic carbocycles. The van der Waals surface area contributed by atoms with Crippen LogP contribution in [0.5, 0.6) is 0 Å². The quantitative estimate of drug-likeness (QED) is 0.0563. The number of hydrogen-bond acceptors (Lipinski definition) is 2. The molecule has 0 spiro atoms. The molecule has 0 saturated heterocycles. The third-order valence-corrected chi connectivity index (χ3v) is 10.5. The SMILES string of the molecule is CC(C)=CCC/C(C)=C/CC/C(C)=C/CC/C(C)=C/CC/C(C)=C/CC/C(C)=C/CC/C(C)=C/CC/C(C)=C/CC/C(C)=C/CC/C(C)=C/COP(=O)(O)O. The van der Waals surface area contributed by atoms with Crippen LogP contribution in [0, 0.1) is 0 Å². The number of hydrogen-bond donors (Lipinski definition) is 2. The molecule has 0 radical (unpaired) electrons. The lowest BCUT2D eigenvalue weighted by molar-refractivity contribution is 0.215. The fourth-order valence-corrected chi connectivity index (χ4v) is 6.42. The highest BCUT2D eigenvalue weighted by molar-refractivity contribution is 7.46. The summed E-state index contributed by atoms with van der Waals surface area (Å²) in [5, 5.41) is 0. The molecule has 0 saturated carbocycles. The molecule has 0 fully saturated rings. The van der Waals surface area contributed by atoms with E-state index in [1.807, 2.05) is 6.92 Å². The first-order valence-electron chi connectivity index (χ1n) is 21.2. The van der Waals surface area contributed by atoms with Gasteiger partial charge in [-0.15, -0.1) is 0 Å². The van der Waals surface area contributed by atoms with Crippen LogP contribution >= 0.6 is 7.82 Å². The second-order valence-corrected chi connectivity index (χ2v) is 17.6. The number of phosphoric acid groups is 1. The molecule has 55 heavy (non-hydrogen) atoms. The van der Waals surface area contributed by atoms with E-state index < -0.39 is 7.82 Å². The second kappa shape index (κ2) is 32.6. The maximum Gasteiger partial charge on any atom is 0.469 e. The smallest absolute Gasteiger partial charge is 0.303 e. The van der Waals surface area contributed by atoms with Crippen LogP contribution in [0.25, 0.3) is 0 Å². The Labute approximate surface area is 340 Å². The molecule has 4 nitrogen and oxygen atoms in total. The summed E-state index contributed by atoms with van der Waals surface area (Å²) in [7, 11) is -4.40. The maximum atomic E-state index is 10.8. The van der Waals surface area contributed by atoms with E-state index in [1.54, 1.807) is 6.08 Å². The molecule has 0 heterocycles. The molecule has 0 bridgehead atoms. The summed E-state index contributed by atoms with van der Waals surface area (Å²) in [6, 6.07) is 0. The number of rotatable bonds is 30. The largest absolute Gasteiger partial charge is 0.469 e. The zero-order valence-corrected chi connectivity index (χ0v) is 38.3. The van der Waals surface area contributed by atoms with E-state index in [1.165, 1.54) is 69.4 Å². The van der Waals surface area contributed by atoms with Crippen molar-refractivity contribution in [3.05, 3.63) is 116 Å². The van der Waals surface area contributed by atoms with Crippen LogP contribution in [0.15, 0.2) is 116 Å². The molecule has 0 amide bonds. The predicted octanol–water partition coefficient (Wildman–Crippen LogP) is 16.6. The first kappa shape index (κ1) is 52.5. The third kappa shape index (κ3) is 36.9. The summed E-state index contributed by atoms with van der Waals surface area (Å²) in [6.07, 6.45) is 43.3. The van der Waals surface area contributed by atoms with Crippen molar-refractivity contribution in [1.82, 2.24) is 0 Å². The molecule has 0 atom stereocenters. The van der Waals surface area contributed by atoms with E-state index in [4.69, 9.17) is 9.79 Å². The van der Waals surface area contributed by atoms with E-state index >= 15 is 0 Å². The first-order valence-corrected chi connectivity index (χ1v) is 22.7. The fourth-order valence-electron chi connectivity index (χ4n) is 6.15. The molecule has 0 aromatic heterocycles. The van der Waals surface area contributed by atoms with Gasteiger partial charge in [0.1, 0.15) is 0 Å². The van der Waals surface area contributed by atoms with Crippen LogP contribution in [-0.4, -0.2) is 16.4 Å². The molecular formula is C50H83O4P. The van der Waals surface area contributed by atoms with Gasteiger partial charge in [0.05, 0.1) is 6.61 Å². The Morgan fingerprint density at radius 3 is 0.709 bits per heavy atom. The molecule has 0 unspecified atom stereocenters. The minimum atomic E-state index is -4.40. The van der Waals surface area contributed by atoms with Gasteiger partial charge < -0.3 is 9.79 Å². The molecular weight excluding hydrogens is 696 g/mol. The molecule has 2 N–H and O–H groups in total. The Balaban J connectivity index is 4.26. The van der Waals surface area contributed by atoms with Crippen LogP contribution in [0.2, 0.25) is 0 Å². The molecule has 5 heteroatoms. The van der Waals surface area contributed by atoms with Gasteiger partial charge in [0, 0.05) is 0 Å². The second-order valence-electron chi connectivity index (χ2n) is 16.4. The summed E-state index contributed by atoms with van der Waals surface area (Å²) in [6.45, 7) is 24.4. The average Bonchev–Trinajstić information content (AvgIpc) is 3.07. The van der Waals surface area contributed by atoms with Gasteiger partial charge in [0.15, 0.2) is 0 Å². The zero-order valence-electron chi connectivity index (χ0n) is 37.4.